The average Bonchev–Trinajstić information content (AvgIpc) is 2.91. The quantitative estimate of drug-likeness (QED) is 0.698. The van der Waals surface area contributed by atoms with E-state index < -0.39 is 11.0 Å². The van der Waals surface area contributed by atoms with Gasteiger partial charge in [-0.25, -0.2) is 0 Å². The molecule has 2 aliphatic carbocycles. The molecule has 5 rings (SSSR count). The van der Waals surface area contributed by atoms with Gasteiger partial charge in [-0.1, -0.05) is 6.07 Å². The third-order valence-electron chi connectivity index (χ3n) is 7.12. The molecule has 2 bridgehead atoms. The molecule has 6 heteroatoms. The minimum absolute atomic E-state index is 0.0358. The van der Waals surface area contributed by atoms with Crippen molar-refractivity contribution in [1.29, 1.82) is 0 Å². The van der Waals surface area contributed by atoms with Gasteiger partial charge in [0.25, 0.3) is 0 Å². The summed E-state index contributed by atoms with van der Waals surface area (Å²) in [6.45, 7) is 2.38. The van der Waals surface area contributed by atoms with Crippen LogP contribution in [0.2, 0.25) is 0 Å². The Hall–Kier alpha value is -1.79. The second-order valence-electron chi connectivity index (χ2n) is 8.18. The molecule has 2 aliphatic heterocycles. The van der Waals surface area contributed by atoms with Gasteiger partial charge in [0.15, 0.2) is 11.5 Å². The molecule has 0 aromatic heterocycles. The van der Waals surface area contributed by atoms with E-state index in [0.29, 0.717) is 18.6 Å². The molecule has 3 N–H and O–H groups in total. The predicted octanol–water partition coefficient (Wildman–Crippen LogP) is 0.681. The summed E-state index contributed by atoms with van der Waals surface area (Å²) < 4.78 is 6.28. The van der Waals surface area contributed by atoms with Crippen LogP contribution >= 0.6 is 0 Å². The van der Waals surface area contributed by atoms with Crippen LogP contribution in [-0.2, 0) is 16.6 Å². The Morgan fingerprint density at radius 1 is 1.40 bits per heavy atom. The Balaban J connectivity index is 1.76. The van der Waals surface area contributed by atoms with Crippen LogP contribution in [-0.4, -0.2) is 58.4 Å². The first-order valence-electron chi connectivity index (χ1n) is 9.10. The van der Waals surface area contributed by atoms with Crippen molar-refractivity contribution in [2.24, 2.45) is 0 Å². The first-order chi connectivity index (χ1) is 11.9. The van der Waals surface area contributed by atoms with Gasteiger partial charge in [-0.15, -0.1) is 0 Å². The standard InChI is InChI=1S/C19H24N2O4/c1-10(22)20-12-5-6-19(24)14-9-11-3-4-13(23)16-15(11)18(19,17(12)25-16)7-8-21(14)2/h3-4,12,14,17,23-24H,5-9H2,1-2H3,(H,20,22)/t12-,14+,17-,18-,19+/m0/s1. The van der Waals surface area contributed by atoms with Crippen molar-refractivity contribution >= 4 is 5.91 Å². The molecular formula is C19H24N2O4. The van der Waals surface area contributed by atoms with Gasteiger partial charge in [-0.05, 0) is 50.9 Å². The number of nitrogens with zero attached hydrogens (tertiary/aromatic N) is 1. The molecule has 134 valence electrons. The number of rotatable bonds is 1. The first kappa shape index (κ1) is 15.5. The molecule has 1 saturated carbocycles. The lowest BCUT2D eigenvalue weighted by molar-refractivity contribution is -0.187. The van der Waals surface area contributed by atoms with Crippen molar-refractivity contribution in [2.45, 2.75) is 61.8 Å². The number of likely N-dealkylation sites (tertiary alicyclic amines) is 1. The van der Waals surface area contributed by atoms with Gasteiger partial charge in [0.2, 0.25) is 5.91 Å². The molecular weight excluding hydrogens is 320 g/mol. The number of nitrogens with one attached hydrogen (secondary N) is 1. The molecule has 0 unspecified atom stereocenters. The molecule has 1 saturated heterocycles. The molecule has 2 heterocycles. The lowest BCUT2D eigenvalue weighted by atomic mass is 9.48. The number of piperidine rings is 1. The number of aromatic hydroxyl groups is 1. The fourth-order valence-corrected chi connectivity index (χ4v) is 6.16. The van der Waals surface area contributed by atoms with Crippen LogP contribution in [0.4, 0.5) is 0 Å². The van der Waals surface area contributed by atoms with Crippen LogP contribution in [0.25, 0.3) is 0 Å². The second-order valence-corrected chi connectivity index (χ2v) is 8.18. The topological polar surface area (TPSA) is 82.0 Å². The zero-order chi connectivity index (χ0) is 17.6. The van der Waals surface area contributed by atoms with Crippen molar-refractivity contribution in [3.8, 4) is 11.5 Å². The summed E-state index contributed by atoms with van der Waals surface area (Å²) >= 11 is 0. The number of benzene rings is 1. The molecule has 6 nitrogen and oxygen atoms in total. The van der Waals surface area contributed by atoms with E-state index in [1.807, 2.05) is 6.07 Å². The van der Waals surface area contributed by atoms with Gasteiger partial charge in [0.1, 0.15) is 6.10 Å². The van der Waals surface area contributed by atoms with Crippen molar-refractivity contribution < 1.29 is 19.7 Å². The van der Waals surface area contributed by atoms with E-state index in [0.717, 1.165) is 30.5 Å². The fourth-order valence-electron chi connectivity index (χ4n) is 6.16. The maximum absolute atomic E-state index is 11.9. The van der Waals surface area contributed by atoms with Crippen molar-refractivity contribution in [3.63, 3.8) is 0 Å². The summed E-state index contributed by atoms with van der Waals surface area (Å²) in [6, 6.07) is 3.54. The van der Waals surface area contributed by atoms with Crippen LogP contribution in [0.3, 0.4) is 0 Å². The monoisotopic (exact) mass is 344 g/mol. The van der Waals surface area contributed by atoms with E-state index in [1.54, 1.807) is 6.07 Å². The molecule has 2 fully saturated rings. The zero-order valence-corrected chi connectivity index (χ0v) is 14.6. The molecule has 1 spiro atoms. The van der Waals surface area contributed by atoms with Crippen molar-refractivity contribution in [3.05, 3.63) is 23.3 Å². The number of hydrogen-bond acceptors (Lipinski definition) is 5. The number of ether oxygens (including phenoxy) is 1. The Bertz CT molecular complexity index is 781. The highest BCUT2D eigenvalue weighted by Crippen LogP contribution is 2.65. The van der Waals surface area contributed by atoms with E-state index in [2.05, 4.69) is 17.3 Å². The molecule has 1 aromatic rings. The number of carbonyl (C=O) groups excluding carboxylic acids is 1. The summed E-state index contributed by atoms with van der Waals surface area (Å²) in [6.07, 6.45) is 2.49. The Morgan fingerprint density at radius 2 is 2.20 bits per heavy atom. The minimum Gasteiger partial charge on any atom is -0.504 e. The van der Waals surface area contributed by atoms with Crippen LogP contribution in [0.1, 0.15) is 37.3 Å². The summed E-state index contributed by atoms with van der Waals surface area (Å²) in [4.78, 5) is 14.0. The third-order valence-corrected chi connectivity index (χ3v) is 7.12. The van der Waals surface area contributed by atoms with Gasteiger partial charge in [-0.2, -0.15) is 0 Å². The highest BCUT2D eigenvalue weighted by molar-refractivity contribution is 5.73. The molecule has 0 radical (unpaired) electrons. The Labute approximate surface area is 146 Å². The lowest BCUT2D eigenvalue weighted by Crippen LogP contribution is -2.77. The summed E-state index contributed by atoms with van der Waals surface area (Å²) in [5.74, 6) is 0.557. The van der Waals surface area contributed by atoms with Crippen molar-refractivity contribution in [1.82, 2.24) is 10.2 Å². The number of likely N-dealkylation sites (N-methyl/N-ethyl adjacent to an activating group) is 1. The largest absolute Gasteiger partial charge is 0.504 e. The van der Waals surface area contributed by atoms with Gasteiger partial charge >= 0.3 is 0 Å². The average molecular weight is 344 g/mol. The SMILES string of the molecule is CC(=O)N[C@H]1CC[C@@]2(O)[C@H]3Cc4ccc(O)c5c4[C@@]2(CCN3C)[C@H]1O5. The molecule has 4 aliphatic rings. The number of aliphatic hydroxyl groups is 1. The maximum Gasteiger partial charge on any atom is 0.217 e. The zero-order valence-electron chi connectivity index (χ0n) is 14.6. The third kappa shape index (κ3) is 1.65. The van der Waals surface area contributed by atoms with E-state index in [9.17, 15) is 15.0 Å². The lowest BCUT2D eigenvalue weighted by Gasteiger charge is -2.63. The normalized spacial score (nSPS) is 41.0. The summed E-state index contributed by atoms with van der Waals surface area (Å²) in [7, 11) is 2.08. The predicted molar refractivity (Wildman–Crippen MR) is 90.7 cm³/mol. The van der Waals surface area contributed by atoms with Gasteiger partial charge < -0.3 is 25.2 Å². The fraction of sp³-hybridized carbons (Fsp3) is 0.632. The van der Waals surface area contributed by atoms with Crippen LogP contribution < -0.4 is 10.1 Å². The van der Waals surface area contributed by atoms with Crippen LogP contribution in [0, 0.1) is 0 Å². The Morgan fingerprint density at radius 3 is 2.96 bits per heavy atom. The van der Waals surface area contributed by atoms with E-state index in [-0.39, 0.29) is 29.8 Å². The van der Waals surface area contributed by atoms with Crippen LogP contribution in [0.5, 0.6) is 11.5 Å². The number of phenols is 1. The minimum atomic E-state index is -0.897. The first-order valence-corrected chi connectivity index (χ1v) is 9.10. The molecule has 25 heavy (non-hydrogen) atoms. The van der Waals surface area contributed by atoms with E-state index in [1.165, 1.54) is 6.92 Å². The number of phenolic OH excluding ortho intramolecular Hbond substituents is 1. The number of carbonyl (C=O) groups is 1. The van der Waals surface area contributed by atoms with Gasteiger partial charge in [0, 0.05) is 18.5 Å². The molecule has 5 atom stereocenters. The summed E-state index contributed by atoms with van der Waals surface area (Å²) in [5.41, 5.74) is 0.683. The number of hydrogen-bond donors (Lipinski definition) is 3. The maximum atomic E-state index is 11.9. The highest BCUT2D eigenvalue weighted by Gasteiger charge is 2.72. The highest BCUT2D eigenvalue weighted by atomic mass is 16.5. The van der Waals surface area contributed by atoms with Gasteiger partial charge in [0.05, 0.1) is 17.1 Å². The number of amides is 1. The summed E-state index contributed by atoms with van der Waals surface area (Å²) in [5, 5.41) is 25.3. The van der Waals surface area contributed by atoms with E-state index in [4.69, 9.17) is 4.74 Å². The molecule has 1 aromatic carbocycles. The molecule has 1 amide bonds. The Kier molecular flexibility index (Phi) is 2.89. The van der Waals surface area contributed by atoms with Crippen LogP contribution in [0.15, 0.2) is 12.1 Å². The van der Waals surface area contributed by atoms with Gasteiger partial charge in [-0.3, -0.25) is 4.79 Å². The van der Waals surface area contributed by atoms with E-state index >= 15 is 0 Å². The second kappa shape index (κ2) is 4.68. The smallest absolute Gasteiger partial charge is 0.217 e. The van der Waals surface area contributed by atoms with Crippen molar-refractivity contribution in [2.75, 3.05) is 13.6 Å².